The molecule has 1 aromatic carbocycles. The van der Waals surface area contributed by atoms with Gasteiger partial charge in [-0.15, -0.1) is 0 Å². The molecule has 2 atom stereocenters. The molecule has 1 aromatic rings. The molecular formula is C11H12NO5-. The highest BCUT2D eigenvalue weighted by Gasteiger charge is 2.35. The first-order valence-electron chi connectivity index (χ1n) is 5.22. The summed E-state index contributed by atoms with van der Waals surface area (Å²) < 4.78 is 10.1. The molecule has 2 rings (SSSR count). The summed E-state index contributed by atoms with van der Waals surface area (Å²) in [7, 11) is 0. The van der Waals surface area contributed by atoms with Gasteiger partial charge in [-0.3, -0.25) is 0 Å². The second-order valence-corrected chi connectivity index (χ2v) is 3.84. The van der Waals surface area contributed by atoms with E-state index >= 15 is 0 Å². The van der Waals surface area contributed by atoms with Crippen molar-refractivity contribution >= 4 is 11.7 Å². The maximum absolute atomic E-state index is 11.5. The molecule has 2 unspecified atom stereocenters. The molecule has 6 heteroatoms. The maximum atomic E-state index is 11.5. The summed E-state index contributed by atoms with van der Waals surface area (Å²) in [6.45, 7) is 2.12. The third kappa shape index (κ3) is 3.01. The lowest BCUT2D eigenvalue weighted by atomic mass is 10.2. The van der Waals surface area contributed by atoms with Crippen molar-refractivity contribution < 1.29 is 19.5 Å². The van der Waals surface area contributed by atoms with Gasteiger partial charge in [0.2, 0.25) is 0 Å². The largest absolute Gasteiger partial charge is 0.628 e. The van der Waals surface area contributed by atoms with Crippen LogP contribution < -0.4 is 5.23 Å². The van der Waals surface area contributed by atoms with Gasteiger partial charge < -0.3 is 25.1 Å². The molecule has 0 aliphatic carbocycles. The number of ether oxygens (including phenoxy) is 2. The molecule has 1 N–H and O–H groups in total. The van der Waals surface area contributed by atoms with Crippen LogP contribution in [0.25, 0.3) is 0 Å². The number of rotatable bonds is 4. The third-order valence-electron chi connectivity index (χ3n) is 2.57. The highest BCUT2D eigenvalue weighted by Crippen LogP contribution is 2.21. The SMILES string of the molecule is CC1OC1COC(=O)c1ccc([NH+]([O-])[O-])cc1. The molecular weight excluding hydrogens is 226 g/mol. The lowest BCUT2D eigenvalue weighted by Crippen LogP contribution is -2.96. The molecule has 0 spiro atoms. The zero-order valence-electron chi connectivity index (χ0n) is 9.21. The van der Waals surface area contributed by atoms with E-state index in [4.69, 9.17) is 9.47 Å². The van der Waals surface area contributed by atoms with Crippen molar-refractivity contribution in [3.63, 3.8) is 0 Å². The Balaban J connectivity index is 1.90. The van der Waals surface area contributed by atoms with E-state index in [-0.39, 0.29) is 24.5 Å². The number of carbonyl (C=O) groups excluding carboxylic acids is 1. The summed E-state index contributed by atoms with van der Waals surface area (Å²) in [5.74, 6) is -0.488. The normalized spacial score (nSPS) is 22.6. The summed E-state index contributed by atoms with van der Waals surface area (Å²) in [6, 6.07) is 5.40. The fourth-order valence-electron chi connectivity index (χ4n) is 1.39. The van der Waals surface area contributed by atoms with E-state index in [1.165, 1.54) is 24.3 Å². The van der Waals surface area contributed by atoms with Gasteiger partial charge in [-0.05, 0) is 19.1 Å². The average molecular weight is 238 g/mol. The maximum Gasteiger partial charge on any atom is 0.338 e. The molecule has 1 aliphatic heterocycles. The number of carbonyl (C=O) groups is 1. The predicted molar refractivity (Wildman–Crippen MR) is 58.4 cm³/mol. The molecule has 1 heterocycles. The van der Waals surface area contributed by atoms with E-state index < -0.39 is 11.2 Å². The van der Waals surface area contributed by atoms with Gasteiger partial charge in [0.15, 0.2) is 0 Å². The van der Waals surface area contributed by atoms with Gasteiger partial charge in [-0.25, -0.2) is 4.79 Å². The minimum atomic E-state index is -1.27. The van der Waals surface area contributed by atoms with E-state index in [1.807, 2.05) is 6.92 Å². The summed E-state index contributed by atoms with van der Waals surface area (Å²) in [4.78, 5) is 11.5. The number of esters is 1. The molecule has 0 radical (unpaired) electrons. The average Bonchev–Trinajstić information content (AvgIpc) is 3.02. The van der Waals surface area contributed by atoms with E-state index in [1.54, 1.807) is 0 Å². The van der Waals surface area contributed by atoms with E-state index in [9.17, 15) is 15.2 Å². The molecule has 1 fully saturated rings. The molecule has 0 aromatic heterocycles. The van der Waals surface area contributed by atoms with Crippen molar-refractivity contribution in [2.45, 2.75) is 19.1 Å². The van der Waals surface area contributed by atoms with Gasteiger partial charge in [0.1, 0.15) is 18.4 Å². The zero-order valence-corrected chi connectivity index (χ0v) is 9.21. The van der Waals surface area contributed by atoms with Crippen LogP contribution in [0.1, 0.15) is 17.3 Å². The second kappa shape index (κ2) is 4.80. The number of hydrogen-bond donors (Lipinski definition) is 1. The van der Waals surface area contributed by atoms with Crippen molar-refractivity contribution in [1.82, 2.24) is 0 Å². The Labute approximate surface area is 97.9 Å². The zero-order chi connectivity index (χ0) is 12.4. The summed E-state index contributed by atoms with van der Waals surface area (Å²) >= 11 is 0. The van der Waals surface area contributed by atoms with Crippen LogP contribution >= 0.6 is 0 Å². The van der Waals surface area contributed by atoms with Crippen molar-refractivity contribution in [2.75, 3.05) is 6.61 Å². The molecule has 6 nitrogen and oxygen atoms in total. The fraction of sp³-hybridized carbons (Fsp3) is 0.364. The van der Waals surface area contributed by atoms with Crippen LogP contribution in [-0.2, 0) is 9.47 Å². The first-order chi connectivity index (χ1) is 8.08. The van der Waals surface area contributed by atoms with Gasteiger partial charge in [0.25, 0.3) is 0 Å². The number of nitrogens with one attached hydrogen (secondary N) is 1. The van der Waals surface area contributed by atoms with Crippen molar-refractivity contribution in [2.24, 2.45) is 0 Å². The second-order valence-electron chi connectivity index (χ2n) is 3.84. The van der Waals surface area contributed by atoms with Crippen molar-refractivity contribution in [3.05, 3.63) is 40.2 Å². The summed E-state index contributed by atoms with van der Waals surface area (Å²) in [5.41, 5.74) is 0.337. The number of hydrogen-bond acceptors (Lipinski definition) is 5. The first-order valence-corrected chi connectivity index (χ1v) is 5.22. The van der Waals surface area contributed by atoms with Gasteiger partial charge in [0, 0.05) is 12.1 Å². The van der Waals surface area contributed by atoms with Gasteiger partial charge in [0.05, 0.1) is 11.7 Å². The van der Waals surface area contributed by atoms with Crippen LogP contribution in [0.5, 0.6) is 0 Å². The van der Waals surface area contributed by atoms with Crippen LogP contribution in [0.3, 0.4) is 0 Å². The molecule has 0 amide bonds. The Morgan fingerprint density at radius 1 is 1.41 bits per heavy atom. The molecule has 17 heavy (non-hydrogen) atoms. The van der Waals surface area contributed by atoms with Gasteiger partial charge in [-0.1, -0.05) is 0 Å². The van der Waals surface area contributed by atoms with Crippen molar-refractivity contribution in [1.29, 1.82) is 0 Å². The molecule has 0 saturated carbocycles. The van der Waals surface area contributed by atoms with Gasteiger partial charge in [-0.2, -0.15) is 0 Å². The summed E-state index contributed by atoms with van der Waals surface area (Å²) in [5, 5.41) is 19.7. The molecule has 92 valence electrons. The molecule has 1 saturated heterocycles. The van der Waals surface area contributed by atoms with Gasteiger partial charge >= 0.3 is 5.97 Å². The first kappa shape index (κ1) is 12.0. The highest BCUT2D eigenvalue weighted by atomic mass is 16.8. The van der Waals surface area contributed by atoms with Crippen LogP contribution in [0.2, 0.25) is 0 Å². The molecule has 0 bridgehead atoms. The standard InChI is InChI=1S/C11H12NO5/c1-7-10(17-7)6-16-11(13)8-2-4-9(5-3-8)12(14)15/h2-5,7,10,12H,6H2,1H3/q-1. The number of quaternary nitrogens is 1. The lowest BCUT2D eigenvalue weighted by Gasteiger charge is -2.24. The highest BCUT2D eigenvalue weighted by molar-refractivity contribution is 5.89. The Hall–Kier alpha value is -1.47. The van der Waals surface area contributed by atoms with Crippen LogP contribution in [0.15, 0.2) is 24.3 Å². The topological polar surface area (TPSA) is 89.4 Å². The monoisotopic (exact) mass is 238 g/mol. The number of epoxide rings is 1. The van der Waals surface area contributed by atoms with E-state index in [2.05, 4.69) is 0 Å². The third-order valence-corrected chi connectivity index (χ3v) is 2.57. The Morgan fingerprint density at radius 2 is 2.00 bits per heavy atom. The minimum Gasteiger partial charge on any atom is -0.628 e. The fourth-order valence-corrected chi connectivity index (χ4v) is 1.39. The Morgan fingerprint density at radius 3 is 2.47 bits per heavy atom. The van der Waals surface area contributed by atoms with Crippen LogP contribution in [0.4, 0.5) is 5.69 Å². The lowest BCUT2D eigenvalue weighted by molar-refractivity contribution is -0.715. The minimum absolute atomic E-state index is 0.0126. The van der Waals surface area contributed by atoms with Crippen LogP contribution in [-0.4, -0.2) is 24.8 Å². The smallest absolute Gasteiger partial charge is 0.338 e. The van der Waals surface area contributed by atoms with E-state index in [0.717, 1.165) is 0 Å². The molecule has 1 aliphatic rings. The van der Waals surface area contributed by atoms with Crippen LogP contribution in [0, 0.1) is 10.4 Å². The number of benzene rings is 1. The Bertz CT molecular complexity index is 403. The summed E-state index contributed by atoms with van der Waals surface area (Å²) in [6.07, 6.45) is 0.129. The quantitative estimate of drug-likeness (QED) is 0.458. The van der Waals surface area contributed by atoms with Crippen molar-refractivity contribution in [3.8, 4) is 0 Å². The van der Waals surface area contributed by atoms with E-state index in [0.29, 0.717) is 5.56 Å². The predicted octanol–water partition coefficient (Wildman–Crippen LogP) is 0.143. The Kier molecular flexibility index (Phi) is 3.39.